The lowest BCUT2D eigenvalue weighted by Crippen LogP contribution is -2.13. The number of halogens is 1. The monoisotopic (exact) mass is 377 g/mol. The average Bonchev–Trinajstić information content (AvgIpc) is 3.15. The summed E-state index contributed by atoms with van der Waals surface area (Å²) in [6, 6.07) is 19.9. The molecule has 3 aromatic rings. The highest BCUT2D eigenvalue weighted by atomic mass is 35.5. The highest BCUT2D eigenvalue weighted by Gasteiger charge is 2.12. The number of aromatic nitrogens is 1. The second kappa shape index (κ2) is 8.26. The summed E-state index contributed by atoms with van der Waals surface area (Å²) in [6.45, 7) is 0. The number of rotatable bonds is 5. The summed E-state index contributed by atoms with van der Waals surface area (Å²) in [4.78, 5) is 12.5. The Kier molecular flexibility index (Phi) is 5.60. The molecule has 3 rings (SSSR count). The van der Waals surface area contributed by atoms with Crippen LogP contribution >= 0.6 is 11.6 Å². The molecular formula is C21H16ClN3O2. The van der Waals surface area contributed by atoms with Crippen LogP contribution in [0.4, 0.5) is 5.69 Å². The zero-order valence-corrected chi connectivity index (χ0v) is 15.3. The summed E-state index contributed by atoms with van der Waals surface area (Å²) < 4.78 is 7.01. The number of hydrogen-bond acceptors (Lipinski definition) is 3. The van der Waals surface area contributed by atoms with Crippen LogP contribution in [0.2, 0.25) is 5.02 Å². The average molecular weight is 378 g/mol. The van der Waals surface area contributed by atoms with Gasteiger partial charge in [0.25, 0.3) is 5.91 Å². The number of anilines is 1. The van der Waals surface area contributed by atoms with Gasteiger partial charge in [0.1, 0.15) is 17.4 Å². The first-order chi connectivity index (χ1) is 13.1. The molecule has 5 nitrogen and oxygen atoms in total. The molecule has 0 bridgehead atoms. The maximum atomic E-state index is 12.5. The van der Waals surface area contributed by atoms with Gasteiger partial charge in [0, 0.05) is 34.4 Å². The van der Waals surface area contributed by atoms with Crippen molar-refractivity contribution in [1.82, 2.24) is 4.57 Å². The molecule has 0 spiro atoms. The molecule has 6 heteroatoms. The summed E-state index contributed by atoms with van der Waals surface area (Å²) in [5.74, 6) is 0.126. The van der Waals surface area contributed by atoms with Crippen molar-refractivity contribution in [2.75, 3.05) is 12.4 Å². The Bertz CT molecular complexity index is 1030. The van der Waals surface area contributed by atoms with Crippen LogP contribution < -0.4 is 10.1 Å². The molecule has 0 saturated carbocycles. The van der Waals surface area contributed by atoms with Gasteiger partial charge in [0.2, 0.25) is 0 Å². The lowest BCUT2D eigenvalue weighted by molar-refractivity contribution is -0.112. The van der Waals surface area contributed by atoms with Crippen LogP contribution in [0.25, 0.3) is 11.8 Å². The van der Waals surface area contributed by atoms with Gasteiger partial charge >= 0.3 is 0 Å². The van der Waals surface area contributed by atoms with Gasteiger partial charge in [-0.2, -0.15) is 5.26 Å². The topological polar surface area (TPSA) is 67.0 Å². The number of carbonyl (C=O) groups excluding carboxylic acids is 1. The van der Waals surface area contributed by atoms with E-state index < -0.39 is 5.91 Å². The third-order valence-electron chi connectivity index (χ3n) is 3.87. The van der Waals surface area contributed by atoms with E-state index in [1.165, 1.54) is 0 Å². The van der Waals surface area contributed by atoms with E-state index in [-0.39, 0.29) is 5.57 Å². The van der Waals surface area contributed by atoms with Crippen LogP contribution in [0.15, 0.2) is 72.4 Å². The van der Waals surface area contributed by atoms with Gasteiger partial charge in [0.05, 0.1) is 7.11 Å². The molecule has 134 valence electrons. The van der Waals surface area contributed by atoms with Crippen LogP contribution in [0, 0.1) is 11.3 Å². The zero-order chi connectivity index (χ0) is 19.2. The molecule has 1 aromatic heterocycles. The SMILES string of the molecule is COc1cccc(NC(=O)/C(C#N)=C\c2cccn2-c2ccc(Cl)cc2)c1. The third kappa shape index (κ3) is 4.38. The Morgan fingerprint density at radius 2 is 1.96 bits per heavy atom. The van der Waals surface area contributed by atoms with Crippen LogP contribution in [0.1, 0.15) is 5.69 Å². The summed E-state index contributed by atoms with van der Waals surface area (Å²) in [5, 5.41) is 12.8. The molecule has 2 aromatic carbocycles. The van der Waals surface area contributed by atoms with E-state index in [1.807, 2.05) is 41.1 Å². The number of nitriles is 1. The number of methoxy groups -OCH3 is 1. The van der Waals surface area contributed by atoms with E-state index in [1.54, 1.807) is 49.6 Å². The van der Waals surface area contributed by atoms with E-state index >= 15 is 0 Å². The van der Waals surface area contributed by atoms with Crippen molar-refractivity contribution < 1.29 is 9.53 Å². The highest BCUT2D eigenvalue weighted by Crippen LogP contribution is 2.20. The van der Waals surface area contributed by atoms with Crippen LogP contribution in [0.3, 0.4) is 0 Å². The second-order valence-corrected chi connectivity index (χ2v) is 6.07. The summed E-state index contributed by atoms with van der Waals surface area (Å²) in [5.41, 5.74) is 2.12. The largest absolute Gasteiger partial charge is 0.497 e. The first-order valence-electron chi connectivity index (χ1n) is 8.11. The van der Waals surface area contributed by atoms with Crippen molar-refractivity contribution in [3.63, 3.8) is 0 Å². The number of amides is 1. The van der Waals surface area contributed by atoms with Gasteiger partial charge < -0.3 is 14.6 Å². The molecule has 0 atom stereocenters. The predicted molar refractivity (Wildman–Crippen MR) is 106 cm³/mol. The van der Waals surface area contributed by atoms with Gasteiger partial charge in [-0.1, -0.05) is 17.7 Å². The zero-order valence-electron chi connectivity index (χ0n) is 14.5. The first kappa shape index (κ1) is 18.3. The van der Waals surface area contributed by atoms with Crippen molar-refractivity contribution in [3.05, 3.63) is 83.2 Å². The molecule has 0 aliphatic heterocycles. The van der Waals surface area contributed by atoms with Crippen molar-refractivity contribution in [2.45, 2.75) is 0 Å². The molecule has 0 fully saturated rings. The number of nitrogens with zero attached hydrogens (tertiary/aromatic N) is 2. The highest BCUT2D eigenvalue weighted by molar-refractivity contribution is 6.30. The fourth-order valence-electron chi connectivity index (χ4n) is 2.54. The Morgan fingerprint density at radius 3 is 2.67 bits per heavy atom. The van der Waals surface area contributed by atoms with Gasteiger partial charge in [0.15, 0.2) is 0 Å². The molecule has 1 amide bonds. The minimum atomic E-state index is -0.491. The second-order valence-electron chi connectivity index (χ2n) is 5.64. The molecule has 0 unspecified atom stereocenters. The molecule has 1 N–H and O–H groups in total. The van der Waals surface area contributed by atoms with E-state index in [2.05, 4.69) is 5.32 Å². The van der Waals surface area contributed by atoms with Crippen molar-refractivity contribution in [1.29, 1.82) is 5.26 Å². The van der Waals surface area contributed by atoms with Gasteiger partial charge in [-0.3, -0.25) is 4.79 Å². The van der Waals surface area contributed by atoms with Crippen molar-refractivity contribution in [2.24, 2.45) is 0 Å². The van der Waals surface area contributed by atoms with Crippen molar-refractivity contribution in [3.8, 4) is 17.5 Å². The molecular weight excluding hydrogens is 362 g/mol. The Hall–Kier alpha value is -3.49. The summed E-state index contributed by atoms with van der Waals surface area (Å²) in [6.07, 6.45) is 3.40. The normalized spacial score (nSPS) is 10.9. The maximum Gasteiger partial charge on any atom is 0.266 e. The number of nitrogens with one attached hydrogen (secondary N) is 1. The lowest BCUT2D eigenvalue weighted by Gasteiger charge is -2.08. The number of hydrogen-bond donors (Lipinski definition) is 1. The Labute approximate surface area is 162 Å². The molecule has 0 aliphatic carbocycles. The van der Waals surface area contributed by atoms with Gasteiger partial charge in [-0.25, -0.2) is 0 Å². The van der Waals surface area contributed by atoms with Crippen molar-refractivity contribution >= 4 is 29.3 Å². The van der Waals surface area contributed by atoms with E-state index in [4.69, 9.17) is 16.3 Å². The van der Waals surface area contributed by atoms with E-state index in [0.717, 1.165) is 5.69 Å². The van der Waals surface area contributed by atoms with Crippen LogP contribution in [0.5, 0.6) is 5.75 Å². The number of ether oxygens (including phenoxy) is 1. The lowest BCUT2D eigenvalue weighted by atomic mass is 10.2. The quantitative estimate of drug-likeness (QED) is 0.518. The Balaban J connectivity index is 1.86. The molecule has 0 aliphatic rings. The minimum absolute atomic E-state index is 0.00765. The third-order valence-corrected chi connectivity index (χ3v) is 4.12. The van der Waals surface area contributed by atoms with Crippen LogP contribution in [-0.4, -0.2) is 17.6 Å². The number of benzene rings is 2. The molecule has 0 radical (unpaired) electrons. The maximum absolute atomic E-state index is 12.5. The van der Waals surface area contributed by atoms with Gasteiger partial charge in [-0.15, -0.1) is 0 Å². The fourth-order valence-corrected chi connectivity index (χ4v) is 2.67. The summed E-state index contributed by atoms with van der Waals surface area (Å²) in [7, 11) is 1.55. The standard InChI is InChI=1S/C21H16ClN3O2/c1-27-20-6-2-4-17(13-20)24-21(26)15(14-23)12-19-5-3-11-25(19)18-9-7-16(22)8-10-18/h2-13H,1H3,(H,24,26)/b15-12-. The fraction of sp³-hybridized carbons (Fsp3) is 0.0476. The first-order valence-corrected chi connectivity index (χ1v) is 8.49. The number of carbonyl (C=O) groups is 1. The van der Waals surface area contributed by atoms with Gasteiger partial charge in [-0.05, 0) is 54.6 Å². The summed E-state index contributed by atoms with van der Waals surface area (Å²) >= 11 is 5.93. The van der Waals surface area contributed by atoms with Crippen LogP contribution in [-0.2, 0) is 4.79 Å². The predicted octanol–water partition coefficient (Wildman–Crippen LogP) is 4.68. The minimum Gasteiger partial charge on any atom is -0.497 e. The molecule has 27 heavy (non-hydrogen) atoms. The molecule has 0 saturated heterocycles. The smallest absolute Gasteiger partial charge is 0.266 e. The van der Waals surface area contributed by atoms with E-state index in [0.29, 0.717) is 22.2 Å². The molecule has 1 heterocycles. The Morgan fingerprint density at radius 1 is 1.19 bits per heavy atom. The van der Waals surface area contributed by atoms with E-state index in [9.17, 15) is 10.1 Å².